The summed E-state index contributed by atoms with van der Waals surface area (Å²) in [6, 6.07) is 0. The van der Waals surface area contributed by atoms with Crippen LogP contribution < -0.4 is 0 Å². The zero-order valence-corrected chi connectivity index (χ0v) is 15.1. The molecule has 0 spiro atoms. The second-order valence-electron chi connectivity index (χ2n) is 9.31. The van der Waals surface area contributed by atoms with Crippen molar-refractivity contribution in [3.63, 3.8) is 0 Å². The topological polar surface area (TPSA) is 55.8 Å². The van der Waals surface area contributed by atoms with Crippen molar-refractivity contribution in [3.05, 3.63) is 0 Å². The fourth-order valence-corrected chi connectivity index (χ4v) is 7.58. The molecular formula is C20H32O4. The summed E-state index contributed by atoms with van der Waals surface area (Å²) in [5, 5.41) is 10.4. The molecule has 1 N–H and O–H groups in total. The van der Waals surface area contributed by atoms with Gasteiger partial charge in [0.25, 0.3) is 0 Å². The maximum absolute atomic E-state index is 11.5. The molecule has 3 saturated carbocycles. The van der Waals surface area contributed by atoms with Gasteiger partial charge in [-0.15, -0.1) is 0 Å². The minimum absolute atomic E-state index is 0.0292. The van der Waals surface area contributed by atoms with Gasteiger partial charge in [-0.2, -0.15) is 0 Å². The van der Waals surface area contributed by atoms with Crippen molar-refractivity contribution in [1.82, 2.24) is 0 Å². The molecule has 1 heterocycles. The molecule has 24 heavy (non-hydrogen) atoms. The first-order valence-corrected chi connectivity index (χ1v) is 9.77. The van der Waals surface area contributed by atoms with Crippen molar-refractivity contribution in [2.45, 2.75) is 77.1 Å². The molecule has 0 amide bonds. The molecule has 0 aromatic heterocycles. The van der Waals surface area contributed by atoms with E-state index in [2.05, 4.69) is 6.92 Å². The quantitative estimate of drug-likeness (QED) is 0.803. The van der Waals surface area contributed by atoms with E-state index in [0.29, 0.717) is 18.3 Å². The molecule has 4 nitrogen and oxygen atoms in total. The van der Waals surface area contributed by atoms with Crippen LogP contribution in [0.15, 0.2) is 0 Å². The molecule has 7 atom stereocenters. The number of methoxy groups -OCH3 is 1. The minimum Gasteiger partial charge on any atom is -0.393 e. The van der Waals surface area contributed by atoms with E-state index in [4.69, 9.17) is 9.47 Å². The third-order valence-electron chi connectivity index (χ3n) is 8.30. The number of carbonyl (C=O) groups is 1. The van der Waals surface area contributed by atoms with Crippen molar-refractivity contribution in [3.8, 4) is 0 Å². The van der Waals surface area contributed by atoms with Crippen LogP contribution in [0.3, 0.4) is 0 Å². The van der Waals surface area contributed by atoms with E-state index in [1.54, 1.807) is 7.11 Å². The van der Waals surface area contributed by atoms with Gasteiger partial charge in [-0.25, -0.2) is 0 Å². The first-order valence-electron chi connectivity index (χ1n) is 9.77. The largest absolute Gasteiger partial charge is 0.393 e. The molecule has 0 aromatic rings. The van der Waals surface area contributed by atoms with Gasteiger partial charge in [0.1, 0.15) is 6.29 Å². The second kappa shape index (κ2) is 5.78. The lowest BCUT2D eigenvalue weighted by molar-refractivity contribution is -0.339. The molecule has 0 radical (unpaired) electrons. The Kier molecular flexibility index (Phi) is 4.09. The average Bonchev–Trinajstić information content (AvgIpc) is 2.54. The Morgan fingerprint density at radius 3 is 2.79 bits per heavy atom. The standard InChI is InChI=1S/C20H32O4/c1-18-7-3-8-20(17(23-2)24-13-18)15(18)6-9-19(10-11-21)12-14(22)4-5-16(19)20/h11,14-17,22H,3-10,12-13H2,1-2H3/t14-,15+,16+,17-,18-,19+,20-/m0/s1. The maximum Gasteiger partial charge on any atom is 0.163 e. The van der Waals surface area contributed by atoms with Gasteiger partial charge >= 0.3 is 0 Å². The van der Waals surface area contributed by atoms with Gasteiger partial charge in [0, 0.05) is 18.9 Å². The van der Waals surface area contributed by atoms with E-state index < -0.39 is 0 Å². The summed E-state index contributed by atoms with van der Waals surface area (Å²) in [5.41, 5.74) is 0.226. The van der Waals surface area contributed by atoms with Crippen molar-refractivity contribution >= 4 is 6.29 Å². The van der Waals surface area contributed by atoms with E-state index in [1.807, 2.05) is 0 Å². The van der Waals surface area contributed by atoms with Crippen LogP contribution in [0.4, 0.5) is 0 Å². The second-order valence-corrected chi connectivity index (χ2v) is 9.31. The minimum atomic E-state index is -0.255. The number of fused-ring (bicyclic) bond motifs is 1. The molecule has 1 aliphatic heterocycles. The van der Waals surface area contributed by atoms with Gasteiger partial charge in [-0.1, -0.05) is 13.3 Å². The number of aldehydes is 1. The molecule has 4 aliphatic rings. The summed E-state index contributed by atoms with van der Waals surface area (Å²) in [6.45, 7) is 3.20. The third kappa shape index (κ3) is 2.12. The summed E-state index contributed by atoms with van der Waals surface area (Å²) in [6.07, 6.45) is 9.74. The van der Waals surface area contributed by atoms with Gasteiger partial charge < -0.3 is 19.4 Å². The Morgan fingerprint density at radius 2 is 2.04 bits per heavy atom. The number of aliphatic hydroxyl groups excluding tert-OH is 1. The summed E-state index contributed by atoms with van der Waals surface area (Å²) >= 11 is 0. The average molecular weight is 336 g/mol. The van der Waals surface area contributed by atoms with Crippen LogP contribution >= 0.6 is 0 Å². The lowest BCUT2D eigenvalue weighted by Crippen LogP contribution is -2.68. The third-order valence-corrected chi connectivity index (χ3v) is 8.30. The van der Waals surface area contributed by atoms with Crippen LogP contribution in [0.1, 0.15) is 64.7 Å². The van der Waals surface area contributed by atoms with Crippen LogP contribution in [-0.2, 0) is 14.3 Å². The van der Waals surface area contributed by atoms with Crippen LogP contribution in [0.25, 0.3) is 0 Å². The maximum atomic E-state index is 11.5. The predicted octanol–water partition coefficient (Wildman–Crippen LogP) is 3.31. The smallest absolute Gasteiger partial charge is 0.163 e. The zero-order valence-electron chi connectivity index (χ0n) is 15.1. The summed E-state index contributed by atoms with van der Waals surface area (Å²) < 4.78 is 12.2. The Morgan fingerprint density at radius 1 is 1.21 bits per heavy atom. The molecule has 0 aromatic carbocycles. The molecule has 3 aliphatic carbocycles. The summed E-state index contributed by atoms with van der Waals surface area (Å²) in [5.74, 6) is 1.06. The lowest BCUT2D eigenvalue weighted by atomic mass is 9.38. The van der Waals surface area contributed by atoms with E-state index in [1.165, 1.54) is 12.8 Å². The molecule has 1 saturated heterocycles. The van der Waals surface area contributed by atoms with Crippen molar-refractivity contribution in [2.24, 2.45) is 28.1 Å². The zero-order chi connectivity index (χ0) is 17.0. The van der Waals surface area contributed by atoms with Crippen LogP contribution in [0.2, 0.25) is 0 Å². The Balaban J connectivity index is 1.81. The predicted molar refractivity (Wildman–Crippen MR) is 90.3 cm³/mol. The Hall–Kier alpha value is -0.450. The van der Waals surface area contributed by atoms with Gasteiger partial charge in [0.15, 0.2) is 6.29 Å². The highest BCUT2D eigenvalue weighted by atomic mass is 16.7. The lowest BCUT2D eigenvalue weighted by Gasteiger charge is -2.69. The fraction of sp³-hybridized carbons (Fsp3) is 0.950. The highest BCUT2D eigenvalue weighted by Crippen LogP contribution is 2.71. The fourth-order valence-electron chi connectivity index (χ4n) is 7.58. The monoisotopic (exact) mass is 336 g/mol. The molecule has 4 fully saturated rings. The highest BCUT2D eigenvalue weighted by Gasteiger charge is 2.68. The molecular weight excluding hydrogens is 304 g/mol. The Bertz CT molecular complexity index is 508. The van der Waals surface area contributed by atoms with E-state index in [9.17, 15) is 9.90 Å². The van der Waals surface area contributed by atoms with Crippen LogP contribution in [0, 0.1) is 28.1 Å². The van der Waals surface area contributed by atoms with E-state index in [0.717, 1.165) is 51.4 Å². The van der Waals surface area contributed by atoms with E-state index >= 15 is 0 Å². The Labute approximate surface area is 145 Å². The number of hydrogen-bond acceptors (Lipinski definition) is 4. The number of carbonyl (C=O) groups excluding carboxylic acids is 1. The van der Waals surface area contributed by atoms with Crippen LogP contribution in [0.5, 0.6) is 0 Å². The van der Waals surface area contributed by atoms with E-state index in [-0.39, 0.29) is 28.6 Å². The van der Waals surface area contributed by atoms with Gasteiger partial charge in [0.05, 0.1) is 12.7 Å². The first kappa shape index (κ1) is 17.0. The van der Waals surface area contributed by atoms with Gasteiger partial charge in [-0.3, -0.25) is 0 Å². The molecule has 4 rings (SSSR count). The summed E-state index contributed by atoms with van der Waals surface area (Å²) in [7, 11) is 1.78. The normalized spacial score (nSPS) is 53.8. The number of rotatable bonds is 3. The summed E-state index contributed by atoms with van der Waals surface area (Å²) in [4.78, 5) is 11.5. The van der Waals surface area contributed by atoms with Crippen molar-refractivity contribution in [1.29, 1.82) is 0 Å². The number of ether oxygens (including phenoxy) is 2. The highest BCUT2D eigenvalue weighted by molar-refractivity contribution is 5.51. The first-order chi connectivity index (χ1) is 11.5. The van der Waals surface area contributed by atoms with Crippen LogP contribution in [-0.4, -0.2) is 37.5 Å². The molecule has 136 valence electrons. The molecule has 2 bridgehead atoms. The van der Waals surface area contributed by atoms with Gasteiger partial charge in [-0.05, 0) is 67.6 Å². The number of hydrogen-bond donors (Lipinski definition) is 1. The molecule has 0 unspecified atom stereocenters. The van der Waals surface area contributed by atoms with Gasteiger partial charge in [0.2, 0.25) is 0 Å². The van der Waals surface area contributed by atoms with Crippen molar-refractivity contribution in [2.75, 3.05) is 13.7 Å². The SMILES string of the molecule is CO[C@H]1OC[C@]2(C)CCC[C@@]13[C@@H]2CC[C@@]1(CC=O)C[C@@H](O)CC[C@H]13. The number of aliphatic hydroxyl groups is 1. The molecule has 4 heteroatoms. The van der Waals surface area contributed by atoms with Crippen molar-refractivity contribution < 1.29 is 19.4 Å².